The molecule has 3 N–H and O–H groups in total. The highest BCUT2D eigenvalue weighted by molar-refractivity contribution is 5.46. The number of nitrogens with two attached hydrogens (primary N) is 1. The molecule has 0 bridgehead atoms. The van der Waals surface area contributed by atoms with Crippen LogP contribution in [0.4, 0.5) is 18.9 Å². The van der Waals surface area contributed by atoms with Crippen LogP contribution in [-0.4, -0.2) is 13.1 Å². The minimum Gasteiger partial charge on any atom is -0.384 e. The molecule has 94 valence electrons. The second kappa shape index (κ2) is 4.22. The van der Waals surface area contributed by atoms with Gasteiger partial charge in [-0.1, -0.05) is 6.07 Å². The van der Waals surface area contributed by atoms with Crippen LogP contribution in [0.3, 0.4) is 0 Å². The first-order chi connectivity index (χ1) is 7.95. The molecule has 1 aliphatic carbocycles. The Morgan fingerprint density at radius 3 is 2.53 bits per heavy atom. The van der Waals surface area contributed by atoms with Crippen LogP contribution in [0.5, 0.6) is 0 Å². The molecule has 1 aliphatic rings. The van der Waals surface area contributed by atoms with Crippen molar-refractivity contribution in [3.05, 3.63) is 29.8 Å². The van der Waals surface area contributed by atoms with E-state index in [0.717, 1.165) is 25.0 Å². The van der Waals surface area contributed by atoms with Crippen LogP contribution >= 0.6 is 0 Å². The van der Waals surface area contributed by atoms with Gasteiger partial charge in [0, 0.05) is 12.2 Å². The Hall–Kier alpha value is -1.23. The largest absolute Gasteiger partial charge is 0.416 e. The van der Waals surface area contributed by atoms with Gasteiger partial charge in [-0.25, -0.2) is 0 Å². The lowest BCUT2D eigenvalue weighted by Gasteiger charge is -2.15. The average Bonchev–Trinajstić information content (AvgIpc) is 3.06. The van der Waals surface area contributed by atoms with E-state index in [2.05, 4.69) is 5.32 Å². The third-order valence-corrected chi connectivity index (χ3v) is 3.25. The summed E-state index contributed by atoms with van der Waals surface area (Å²) in [4.78, 5) is 0. The van der Waals surface area contributed by atoms with E-state index < -0.39 is 11.7 Å². The summed E-state index contributed by atoms with van der Waals surface area (Å²) < 4.78 is 37.4. The average molecular weight is 244 g/mol. The highest BCUT2D eigenvalue weighted by Gasteiger charge is 2.40. The van der Waals surface area contributed by atoms with Crippen molar-refractivity contribution in [3.8, 4) is 0 Å². The summed E-state index contributed by atoms with van der Waals surface area (Å²) in [5.41, 5.74) is 5.59. The third kappa shape index (κ3) is 2.91. The van der Waals surface area contributed by atoms with Crippen molar-refractivity contribution in [1.82, 2.24) is 0 Å². The van der Waals surface area contributed by atoms with Crippen molar-refractivity contribution >= 4 is 5.69 Å². The Bertz CT molecular complexity index is 397. The van der Waals surface area contributed by atoms with Gasteiger partial charge in [-0.05, 0) is 43.0 Å². The highest BCUT2D eigenvalue weighted by Crippen LogP contribution is 2.44. The van der Waals surface area contributed by atoms with Crippen molar-refractivity contribution in [1.29, 1.82) is 0 Å². The van der Waals surface area contributed by atoms with Crippen LogP contribution in [-0.2, 0) is 6.18 Å². The van der Waals surface area contributed by atoms with E-state index in [9.17, 15) is 13.2 Å². The molecular weight excluding hydrogens is 229 g/mol. The third-order valence-electron chi connectivity index (χ3n) is 3.25. The lowest BCUT2D eigenvalue weighted by Crippen LogP contribution is -2.24. The van der Waals surface area contributed by atoms with Crippen LogP contribution in [0.2, 0.25) is 0 Å². The van der Waals surface area contributed by atoms with Gasteiger partial charge in [-0.15, -0.1) is 0 Å². The van der Waals surface area contributed by atoms with Crippen molar-refractivity contribution in [2.24, 2.45) is 11.1 Å². The number of alkyl halides is 3. The number of rotatable bonds is 4. The summed E-state index contributed by atoms with van der Waals surface area (Å²) in [6.45, 7) is 1.23. The first-order valence-electron chi connectivity index (χ1n) is 5.56. The second-order valence-electron chi connectivity index (χ2n) is 4.64. The fourth-order valence-electron chi connectivity index (χ4n) is 1.72. The lowest BCUT2D eigenvalue weighted by molar-refractivity contribution is -0.137. The summed E-state index contributed by atoms with van der Waals surface area (Å²) in [7, 11) is 0. The smallest absolute Gasteiger partial charge is 0.384 e. The number of anilines is 1. The second-order valence-corrected chi connectivity index (χ2v) is 4.64. The molecule has 0 radical (unpaired) electrons. The van der Waals surface area contributed by atoms with Crippen LogP contribution in [0.15, 0.2) is 24.3 Å². The maximum atomic E-state index is 12.5. The maximum Gasteiger partial charge on any atom is 0.416 e. The quantitative estimate of drug-likeness (QED) is 0.854. The molecule has 2 nitrogen and oxygen atoms in total. The number of hydrogen-bond donors (Lipinski definition) is 2. The number of nitrogens with one attached hydrogen (secondary N) is 1. The monoisotopic (exact) mass is 244 g/mol. The SMILES string of the molecule is NCC1(CNc2cccc(C(F)(F)F)c2)CC1. The molecule has 2 rings (SSSR count). The molecule has 1 fully saturated rings. The van der Waals surface area contributed by atoms with Gasteiger partial charge in [0.15, 0.2) is 0 Å². The van der Waals surface area contributed by atoms with Crippen molar-refractivity contribution < 1.29 is 13.2 Å². The molecular formula is C12H15F3N2. The Balaban J connectivity index is 2.02. The van der Waals surface area contributed by atoms with Crippen LogP contribution in [0, 0.1) is 5.41 Å². The summed E-state index contributed by atoms with van der Waals surface area (Å²) in [5, 5.41) is 3.03. The zero-order chi connectivity index (χ0) is 12.5. The van der Waals surface area contributed by atoms with E-state index >= 15 is 0 Å². The predicted octanol–water partition coefficient (Wildman–Crippen LogP) is 2.86. The van der Waals surface area contributed by atoms with E-state index in [1.165, 1.54) is 6.07 Å². The van der Waals surface area contributed by atoms with Gasteiger partial charge in [0.1, 0.15) is 0 Å². The van der Waals surface area contributed by atoms with Gasteiger partial charge in [0.2, 0.25) is 0 Å². The molecule has 5 heteroatoms. The van der Waals surface area contributed by atoms with E-state index in [0.29, 0.717) is 18.8 Å². The molecule has 0 aromatic heterocycles. The summed E-state index contributed by atoms with van der Waals surface area (Å²) in [5.74, 6) is 0. The number of hydrogen-bond acceptors (Lipinski definition) is 2. The first-order valence-corrected chi connectivity index (χ1v) is 5.56. The standard InChI is InChI=1S/C12H15F3N2/c13-12(14,15)9-2-1-3-10(6-9)17-8-11(7-16)4-5-11/h1-3,6,17H,4-5,7-8,16H2. The predicted molar refractivity (Wildman–Crippen MR) is 60.7 cm³/mol. The summed E-state index contributed by atoms with van der Waals surface area (Å²) >= 11 is 0. The van der Waals surface area contributed by atoms with Crippen LogP contribution in [0.25, 0.3) is 0 Å². The molecule has 1 aromatic carbocycles. The Morgan fingerprint density at radius 2 is 2.00 bits per heavy atom. The number of halogens is 3. The zero-order valence-electron chi connectivity index (χ0n) is 9.35. The zero-order valence-corrected chi connectivity index (χ0v) is 9.35. The van der Waals surface area contributed by atoms with Crippen molar-refractivity contribution in [2.45, 2.75) is 19.0 Å². The van der Waals surface area contributed by atoms with Crippen molar-refractivity contribution in [2.75, 3.05) is 18.4 Å². The van der Waals surface area contributed by atoms with Gasteiger partial charge in [-0.3, -0.25) is 0 Å². The van der Waals surface area contributed by atoms with Gasteiger partial charge >= 0.3 is 6.18 Å². The van der Waals surface area contributed by atoms with Gasteiger partial charge in [-0.2, -0.15) is 13.2 Å². The minimum absolute atomic E-state index is 0.105. The topological polar surface area (TPSA) is 38.0 Å². The summed E-state index contributed by atoms with van der Waals surface area (Å²) in [6, 6.07) is 5.25. The molecule has 1 saturated carbocycles. The molecule has 1 aromatic rings. The van der Waals surface area contributed by atoms with Crippen LogP contribution in [0.1, 0.15) is 18.4 Å². The molecule has 17 heavy (non-hydrogen) atoms. The Labute approximate surface area is 98.0 Å². The van der Waals surface area contributed by atoms with Gasteiger partial charge < -0.3 is 11.1 Å². The first kappa shape index (κ1) is 12.2. The normalized spacial score (nSPS) is 17.9. The van der Waals surface area contributed by atoms with Crippen molar-refractivity contribution in [3.63, 3.8) is 0 Å². The maximum absolute atomic E-state index is 12.5. The number of benzene rings is 1. The minimum atomic E-state index is -4.29. The molecule has 0 saturated heterocycles. The Kier molecular flexibility index (Phi) is 3.03. The fourth-order valence-corrected chi connectivity index (χ4v) is 1.72. The van der Waals surface area contributed by atoms with E-state index in [1.54, 1.807) is 6.07 Å². The highest BCUT2D eigenvalue weighted by atomic mass is 19.4. The van der Waals surface area contributed by atoms with Gasteiger partial charge in [0.25, 0.3) is 0 Å². The molecule has 0 amide bonds. The molecule has 0 heterocycles. The van der Waals surface area contributed by atoms with E-state index in [1.807, 2.05) is 0 Å². The Morgan fingerprint density at radius 1 is 1.29 bits per heavy atom. The summed E-state index contributed by atoms with van der Waals surface area (Å²) in [6.07, 6.45) is -2.19. The fraction of sp³-hybridized carbons (Fsp3) is 0.500. The lowest BCUT2D eigenvalue weighted by atomic mass is 10.1. The van der Waals surface area contributed by atoms with E-state index in [4.69, 9.17) is 5.73 Å². The molecule has 0 aliphatic heterocycles. The van der Waals surface area contributed by atoms with Gasteiger partial charge in [0.05, 0.1) is 5.56 Å². The van der Waals surface area contributed by atoms with Crippen LogP contribution < -0.4 is 11.1 Å². The molecule has 0 unspecified atom stereocenters. The molecule has 0 atom stereocenters. The van der Waals surface area contributed by atoms with E-state index in [-0.39, 0.29) is 5.41 Å². The molecule has 0 spiro atoms.